The molecule has 12 bridgehead atoms. The molecular formula is C42H34O12. The lowest BCUT2D eigenvalue weighted by atomic mass is 9.88. The quantitative estimate of drug-likeness (QED) is 0.0731. The molecule has 5 aromatic carbocycles. The lowest BCUT2D eigenvalue weighted by Crippen LogP contribution is -2.16. The van der Waals surface area contributed by atoms with Crippen LogP contribution in [0.4, 0.5) is 0 Å². The van der Waals surface area contributed by atoms with Gasteiger partial charge in [0, 0.05) is 105 Å². The average Bonchev–Trinajstić information content (AvgIpc) is 3.10. The van der Waals surface area contributed by atoms with E-state index >= 15 is 0 Å². The van der Waals surface area contributed by atoms with Gasteiger partial charge in [0.2, 0.25) is 0 Å². The first kappa shape index (κ1) is 35.3. The van der Waals surface area contributed by atoms with Gasteiger partial charge in [0.05, 0.1) is 0 Å². The van der Waals surface area contributed by atoms with E-state index in [9.17, 15) is 60.7 Å². The molecule has 0 aliphatic heterocycles. The number of hydrogen-bond donors (Lipinski definition) is 10. The van der Waals surface area contributed by atoms with Crippen LogP contribution in [0.15, 0.2) is 84.0 Å². The number of hydrogen-bond acceptors (Lipinski definition) is 12. The normalized spacial score (nSPS) is 14.5. The van der Waals surface area contributed by atoms with Crippen molar-refractivity contribution in [1.29, 1.82) is 0 Å². The van der Waals surface area contributed by atoms with Crippen molar-refractivity contribution in [1.82, 2.24) is 0 Å². The van der Waals surface area contributed by atoms with Crippen molar-refractivity contribution in [3.05, 3.63) is 140 Å². The van der Waals surface area contributed by atoms with Gasteiger partial charge >= 0.3 is 0 Å². The fraction of sp³-hybridized carbons (Fsp3) is 0.143. The van der Waals surface area contributed by atoms with E-state index in [1.807, 2.05) is 0 Å². The highest BCUT2D eigenvalue weighted by atomic mass is 16.3. The molecule has 0 amide bonds. The van der Waals surface area contributed by atoms with Gasteiger partial charge in [-0.25, -0.2) is 0 Å². The van der Waals surface area contributed by atoms with Gasteiger partial charge in [-0.3, -0.25) is 9.59 Å². The van der Waals surface area contributed by atoms with Crippen molar-refractivity contribution < 1.29 is 60.7 Å². The molecule has 0 radical (unpaired) electrons. The first-order valence-corrected chi connectivity index (χ1v) is 16.8. The first-order valence-electron chi connectivity index (χ1n) is 16.8. The van der Waals surface area contributed by atoms with Crippen LogP contribution in [0.1, 0.15) is 55.6 Å². The van der Waals surface area contributed by atoms with E-state index < -0.39 is 11.6 Å². The van der Waals surface area contributed by atoms with Gasteiger partial charge in [-0.05, 0) is 72.8 Å². The number of benzene rings is 5. The zero-order chi connectivity index (χ0) is 38.6. The highest BCUT2D eigenvalue weighted by molar-refractivity contribution is 6.20. The van der Waals surface area contributed by atoms with Gasteiger partial charge in [0.1, 0.15) is 57.5 Å². The molecule has 5 aromatic rings. The number of allylic oxidation sites excluding steroid dienone is 4. The fourth-order valence-electron chi connectivity index (χ4n) is 6.88. The van der Waals surface area contributed by atoms with Crippen LogP contribution in [0.5, 0.6) is 57.5 Å². The largest absolute Gasteiger partial charge is 0.508 e. The van der Waals surface area contributed by atoms with Crippen LogP contribution >= 0.6 is 0 Å². The summed E-state index contributed by atoms with van der Waals surface area (Å²) >= 11 is 0. The summed E-state index contributed by atoms with van der Waals surface area (Å²) in [6, 6.07) is 12.6. The van der Waals surface area contributed by atoms with E-state index in [1.54, 1.807) is 0 Å². The van der Waals surface area contributed by atoms with Crippen molar-refractivity contribution in [3.63, 3.8) is 0 Å². The molecule has 54 heavy (non-hydrogen) atoms. The smallest absolute Gasteiger partial charge is 0.182 e. The van der Waals surface area contributed by atoms with E-state index in [2.05, 4.69) is 0 Å². The molecule has 0 fully saturated rings. The van der Waals surface area contributed by atoms with Crippen LogP contribution in [0.25, 0.3) is 0 Å². The Morgan fingerprint density at radius 2 is 0.407 bits per heavy atom. The molecule has 0 atom stereocenters. The van der Waals surface area contributed by atoms with Crippen molar-refractivity contribution in [2.45, 2.75) is 38.5 Å². The van der Waals surface area contributed by atoms with Gasteiger partial charge in [0.25, 0.3) is 0 Å². The van der Waals surface area contributed by atoms with Crippen molar-refractivity contribution in [2.24, 2.45) is 0 Å². The maximum absolute atomic E-state index is 13.1. The monoisotopic (exact) mass is 730 g/mol. The molecule has 0 aromatic heterocycles. The Kier molecular flexibility index (Phi) is 8.82. The molecular weight excluding hydrogens is 696 g/mol. The van der Waals surface area contributed by atoms with Gasteiger partial charge in [-0.1, -0.05) is 0 Å². The molecule has 17 aliphatic carbocycles. The van der Waals surface area contributed by atoms with Crippen LogP contribution in [-0.4, -0.2) is 62.6 Å². The minimum atomic E-state index is -0.536. The van der Waals surface area contributed by atoms with Crippen LogP contribution in [0.3, 0.4) is 0 Å². The van der Waals surface area contributed by atoms with E-state index in [4.69, 9.17) is 0 Å². The number of phenols is 10. The Labute approximate surface area is 307 Å². The molecule has 17 aliphatic rings. The SMILES string of the molecule is O=C1C=C2Cc3cc(O)c(cc3O)Cc3cc(O)c(cc3O)Cc3cc(O)c(cc3O)Cc3cc(O)c(cc3O)Cc3cc(O)c(cc3O)CC1=CC2=O. The van der Waals surface area contributed by atoms with E-state index in [0.717, 1.165) is 12.2 Å². The molecule has 0 heterocycles. The number of phenolic OH excluding ortho intramolecular Hbond substituents is 10. The predicted molar refractivity (Wildman–Crippen MR) is 194 cm³/mol. The summed E-state index contributed by atoms with van der Waals surface area (Å²) in [4.78, 5) is 26.2. The Morgan fingerprint density at radius 1 is 0.259 bits per heavy atom. The van der Waals surface area contributed by atoms with E-state index in [-0.39, 0.29) is 163 Å². The summed E-state index contributed by atoms with van der Waals surface area (Å²) in [5.74, 6) is -3.77. The second kappa shape index (κ2) is 13.5. The second-order valence-corrected chi connectivity index (χ2v) is 13.7. The third-order valence-electron chi connectivity index (χ3n) is 9.93. The molecule has 0 saturated carbocycles. The minimum absolute atomic E-state index is 0.0366. The number of ketones is 2. The summed E-state index contributed by atoms with van der Waals surface area (Å²) in [5, 5.41) is 109. The number of rotatable bonds is 0. The van der Waals surface area contributed by atoms with Gasteiger partial charge < -0.3 is 51.1 Å². The summed E-state index contributed by atoms with van der Waals surface area (Å²) in [6.07, 6.45) is 1.34. The Morgan fingerprint density at radius 3 is 0.574 bits per heavy atom. The van der Waals surface area contributed by atoms with Crippen molar-refractivity contribution >= 4 is 11.6 Å². The van der Waals surface area contributed by atoms with Crippen LogP contribution in [-0.2, 0) is 48.1 Å². The van der Waals surface area contributed by atoms with E-state index in [0.29, 0.717) is 0 Å². The number of carbonyl (C=O) groups is 2. The maximum Gasteiger partial charge on any atom is 0.182 e. The van der Waals surface area contributed by atoms with Gasteiger partial charge in [0.15, 0.2) is 11.6 Å². The van der Waals surface area contributed by atoms with Crippen molar-refractivity contribution in [3.8, 4) is 57.5 Å². The highest BCUT2D eigenvalue weighted by Gasteiger charge is 2.25. The lowest BCUT2D eigenvalue weighted by molar-refractivity contribution is -0.115. The van der Waals surface area contributed by atoms with Crippen LogP contribution in [0, 0.1) is 0 Å². The molecule has 0 spiro atoms. The Bertz CT molecular complexity index is 2320. The summed E-state index contributed by atoms with van der Waals surface area (Å²) in [6.45, 7) is 0. The minimum Gasteiger partial charge on any atom is -0.508 e. The Balaban J connectivity index is 1.29. The lowest BCUT2D eigenvalue weighted by Gasteiger charge is -2.17. The van der Waals surface area contributed by atoms with Gasteiger partial charge in [-0.15, -0.1) is 0 Å². The third-order valence-corrected chi connectivity index (χ3v) is 9.93. The fourth-order valence-corrected chi connectivity index (χ4v) is 6.88. The second-order valence-electron chi connectivity index (χ2n) is 13.7. The summed E-state index contributed by atoms with van der Waals surface area (Å²) in [7, 11) is 0. The molecule has 22 rings (SSSR count). The zero-order valence-corrected chi connectivity index (χ0v) is 28.5. The van der Waals surface area contributed by atoms with Crippen LogP contribution < -0.4 is 0 Å². The van der Waals surface area contributed by atoms with Crippen molar-refractivity contribution in [2.75, 3.05) is 0 Å². The maximum atomic E-state index is 13.1. The topological polar surface area (TPSA) is 236 Å². The molecule has 0 unspecified atom stereocenters. The average molecular weight is 731 g/mol. The number of carbonyl (C=O) groups excluding carboxylic acids is 2. The highest BCUT2D eigenvalue weighted by Crippen LogP contribution is 2.40. The molecule has 12 nitrogen and oxygen atoms in total. The Hall–Kier alpha value is -7.08. The molecule has 12 heteroatoms. The summed E-state index contributed by atoms with van der Waals surface area (Å²) in [5.41, 5.74) is 1.91. The number of aromatic hydroxyl groups is 10. The predicted octanol–water partition coefficient (Wildman–Crippen LogP) is 5.21. The third kappa shape index (κ3) is 6.80. The first-order chi connectivity index (χ1) is 25.6. The standard InChI is InChI=1S/C42H34O12/c43-31-9-21-2-23-11-37(49)25(13-35(23)47)4-27-15-41(53)29(17-39(27)51)6-30-18-40(52)28(16-42(30)54)5-26-14-36(48)24(12-38(26)50)3-22-10-32(44)20(8-34(22)46)1-19(31)7-33(21)45/h7-18,43-51,53H,1-6H2. The summed E-state index contributed by atoms with van der Waals surface area (Å²) < 4.78 is 0. The van der Waals surface area contributed by atoms with Gasteiger partial charge in [-0.2, -0.15) is 0 Å². The molecule has 274 valence electrons. The zero-order valence-electron chi connectivity index (χ0n) is 28.5. The molecule has 10 N–H and O–H groups in total. The van der Waals surface area contributed by atoms with Crippen LogP contribution in [0.2, 0.25) is 0 Å². The van der Waals surface area contributed by atoms with E-state index in [1.165, 1.54) is 60.7 Å². The molecule has 0 saturated heterocycles.